The van der Waals surface area contributed by atoms with Gasteiger partial charge in [0, 0.05) is 32.1 Å². The highest BCUT2D eigenvalue weighted by Gasteiger charge is 2.23. The monoisotopic (exact) mass is 257 g/mol. The molecule has 1 unspecified atom stereocenters. The van der Waals surface area contributed by atoms with Gasteiger partial charge in [0.2, 0.25) is 5.91 Å². The van der Waals surface area contributed by atoms with Crippen molar-refractivity contribution in [3.05, 3.63) is 0 Å². The Morgan fingerprint density at radius 1 is 1.56 bits per heavy atom. The molecule has 1 atom stereocenters. The Hall–Kier alpha value is -1.30. The summed E-state index contributed by atoms with van der Waals surface area (Å²) in [6.45, 7) is 7.30. The lowest BCUT2D eigenvalue weighted by Gasteiger charge is -2.26. The van der Waals surface area contributed by atoms with E-state index in [4.69, 9.17) is 4.74 Å². The molecule has 1 aliphatic rings. The second-order valence-corrected chi connectivity index (χ2v) is 5.57. The third-order valence-electron chi connectivity index (χ3n) is 2.71. The van der Waals surface area contributed by atoms with Crippen LogP contribution in [0.4, 0.5) is 4.79 Å². The third kappa shape index (κ3) is 5.35. The molecule has 6 nitrogen and oxygen atoms in total. The number of nitrogens with zero attached hydrogens (tertiary/aromatic N) is 1. The van der Waals surface area contributed by atoms with E-state index in [9.17, 15) is 9.59 Å². The van der Waals surface area contributed by atoms with E-state index in [-0.39, 0.29) is 11.9 Å². The smallest absolute Gasteiger partial charge is 0.407 e. The molecule has 6 heteroatoms. The number of ether oxygens (including phenoxy) is 1. The molecule has 1 heterocycles. The van der Waals surface area contributed by atoms with Crippen LogP contribution in [-0.2, 0) is 9.53 Å². The van der Waals surface area contributed by atoms with Crippen molar-refractivity contribution >= 4 is 12.0 Å². The molecule has 1 aliphatic heterocycles. The fraction of sp³-hybridized carbons (Fsp3) is 0.833. The second-order valence-electron chi connectivity index (χ2n) is 5.57. The average Bonchev–Trinajstić information content (AvgIpc) is 2.35. The predicted octanol–water partition coefficient (Wildman–Crippen LogP) is 0.331. The van der Waals surface area contributed by atoms with Crippen molar-refractivity contribution in [2.45, 2.75) is 38.8 Å². The Bertz CT molecular complexity index is 312. The van der Waals surface area contributed by atoms with Crippen LogP contribution < -0.4 is 10.6 Å². The van der Waals surface area contributed by atoms with E-state index in [1.54, 1.807) is 0 Å². The van der Waals surface area contributed by atoms with Crippen molar-refractivity contribution in [1.82, 2.24) is 15.5 Å². The first-order chi connectivity index (χ1) is 8.28. The fourth-order valence-electron chi connectivity index (χ4n) is 1.74. The quantitative estimate of drug-likeness (QED) is 0.748. The normalized spacial score (nSPS) is 22.0. The van der Waals surface area contributed by atoms with Crippen LogP contribution in [0.1, 0.15) is 27.2 Å². The molecule has 1 saturated heterocycles. The topological polar surface area (TPSA) is 70.7 Å². The Kier molecular flexibility index (Phi) is 4.95. The number of amides is 2. The first-order valence-corrected chi connectivity index (χ1v) is 6.22. The lowest BCUT2D eigenvalue weighted by molar-refractivity contribution is -0.121. The van der Waals surface area contributed by atoms with E-state index in [1.165, 1.54) is 0 Å². The molecule has 0 bridgehead atoms. The van der Waals surface area contributed by atoms with Crippen LogP contribution in [0.3, 0.4) is 0 Å². The van der Waals surface area contributed by atoms with Gasteiger partial charge in [-0.2, -0.15) is 0 Å². The van der Waals surface area contributed by atoms with Crippen LogP contribution in [0.5, 0.6) is 0 Å². The van der Waals surface area contributed by atoms with Crippen molar-refractivity contribution < 1.29 is 14.3 Å². The minimum absolute atomic E-state index is 0.0139. The van der Waals surface area contributed by atoms with E-state index in [2.05, 4.69) is 15.5 Å². The molecule has 0 aliphatic carbocycles. The van der Waals surface area contributed by atoms with Gasteiger partial charge < -0.3 is 15.4 Å². The van der Waals surface area contributed by atoms with E-state index < -0.39 is 11.7 Å². The van der Waals surface area contributed by atoms with Crippen LogP contribution in [-0.4, -0.2) is 55.2 Å². The molecular weight excluding hydrogens is 234 g/mol. The molecular formula is C12H23N3O3. The maximum atomic E-state index is 11.5. The molecule has 0 saturated carbocycles. The SMILES string of the molecule is CN1CCNC(=O)CC1CNC(=O)OC(C)(C)C. The number of carbonyl (C=O) groups is 2. The van der Waals surface area contributed by atoms with Crippen molar-refractivity contribution in [1.29, 1.82) is 0 Å². The van der Waals surface area contributed by atoms with Crippen molar-refractivity contribution in [2.75, 3.05) is 26.7 Å². The maximum absolute atomic E-state index is 11.5. The highest BCUT2D eigenvalue weighted by atomic mass is 16.6. The van der Waals surface area contributed by atoms with E-state index in [0.29, 0.717) is 19.5 Å². The van der Waals surface area contributed by atoms with Crippen molar-refractivity contribution in [3.8, 4) is 0 Å². The number of nitrogens with one attached hydrogen (secondary N) is 2. The summed E-state index contributed by atoms with van der Waals surface area (Å²) in [5.41, 5.74) is -0.503. The van der Waals surface area contributed by atoms with Gasteiger partial charge in [0.1, 0.15) is 5.60 Å². The van der Waals surface area contributed by atoms with Gasteiger partial charge in [-0.1, -0.05) is 0 Å². The van der Waals surface area contributed by atoms with E-state index in [1.807, 2.05) is 27.8 Å². The first-order valence-electron chi connectivity index (χ1n) is 6.22. The van der Waals surface area contributed by atoms with Gasteiger partial charge >= 0.3 is 6.09 Å². The molecule has 0 aromatic carbocycles. The van der Waals surface area contributed by atoms with Gasteiger partial charge in [-0.15, -0.1) is 0 Å². The van der Waals surface area contributed by atoms with Crippen LogP contribution in [0.25, 0.3) is 0 Å². The zero-order valence-electron chi connectivity index (χ0n) is 11.6. The molecule has 0 aromatic rings. The number of likely N-dealkylation sites (N-methyl/N-ethyl adjacent to an activating group) is 1. The van der Waals surface area contributed by atoms with E-state index >= 15 is 0 Å². The summed E-state index contributed by atoms with van der Waals surface area (Å²) < 4.78 is 5.15. The fourth-order valence-corrected chi connectivity index (χ4v) is 1.74. The van der Waals surface area contributed by atoms with Gasteiger partial charge in [0.15, 0.2) is 0 Å². The molecule has 0 aromatic heterocycles. The predicted molar refractivity (Wildman–Crippen MR) is 68.3 cm³/mol. The summed E-state index contributed by atoms with van der Waals surface area (Å²) in [5, 5.41) is 5.51. The Balaban J connectivity index is 2.41. The Morgan fingerprint density at radius 3 is 2.83 bits per heavy atom. The van der Waals surface area contributed by atoms with Crippen LogP contribution in [0, 0.1) is 0 Å². The zero-order valence-corrected chi connectivity index (χ0v) is 11.6. The summed E-state index contributed by atoms with van der Waals surface area (Å²) in [6, 6.07) is 0.0139. The number of hydrogen-bond acceptors (Lipinski definition) is 4. The number of hydrogen-bond donors (Lipinski definition) is 2. The minimum atomic E-state index is -0.503. The van der Waals surface area contributed by atoms with E-state index in [0.717, 1.165) is 6.54 Å². The highest BCUT2D eigenvalue weighted by Crippen LogP contribution is 2.08. The molecule has 2 N–H and O–H groups in total. The molecule has 1 fully saturated rings. The van der Waals surface area contributed by atoms with Crippen molar-refractivity contribution in [3.63, 3.8) is 0 Å². The molecule has 2 amide bonds. The summed E-state index contributed by atoms with van der Waals surface area (Å²) in [6.07, 6.45) is -0.0488. The largest absolute Gasteiger partial charge is 0.444 e. The van der Waals surface area contributed by atoms with Gasteiger partial charge in [-0.25, -0.2) is 4.79 Å². The highest BCUT2D eigenvalue weighted by molar-refractivity contribution is 5.77. The Morgan fingerprint density at radius 2 is 2.22 bits per heavy atom. The second kappa shape index (κ2) is 6.04. The summed E-state index contributed by atoms with van der Waals surface area (Å²) in [7, 11) is 1.95. The van der Waals surface area contributed by atoms with Gasteiger partial charge in [-0.3, -0.25) is 9.69 Å². The minimum Gasteiger partial charge on any atom is -0.444 e. The summed E-state index contributed by atoms with van der Waals surface area (Å²) in [4.78, 5) is 25.0. The van der Waals surface area contributed by atoms with Crippen LogP contribution >= 0.6 is 0 Å². The number of alkyl carbamates (subject to hydrolysis) is 1. The number of rotatable bonds is 2. The number of carbonyl (C=O) groups excluding carboxylic acids is 2. The summed E-state index contributed by atoms with van der Waals surface area (Å²) in [5.74, 6) is 0.0235. The standard InChI is InChI=1S/C12H23N3O3/c1-12(2,3)18-11(17)14-8-9-7-10(16)13-5-6-15(9)4/h9H,5-8H2,1-4H3,(H,13,16)(H,14,17). The molecule has 0 spiro atoms. The zero-order chi connectivity index (χ0) is 13.8. The maximum Gasteiger partial charge on any atom is 0.407 e. The van der Waals surface area contributed by atoms with Crippen LogP contribution in [0.2, 0.25) is 0 Å². The summed E-state index contributed by atoms with van der Waals surface area (Å²) >= 11 is 0. The molecule has 104 valence electrons. The Labute approximate surface area is 108 Å². The van der Waals surface area contributed by atoms with Gasteiger partial charge in [0.05, 0.1) is 0 Å². The first kappa shape index (κ1) is 14.8. The lowest BCUT2D eigenvalue weighted by Crippen LogP contribution is -2.44. The van der Waals surface area contributed by atoms with Gasteiger partial charge in [-0.05, 0) is 27.8 Å². The third-order valence-corrected chi connectivity index (χ3v) is 2.71. The lowest BCUT2D eigenvalue weighted by atomic mass is 10.2. The molecule has 1 rings (SSSR count). The van der Waals surface area contributed by atoms with Crippen molar-refractivity contribution in [2.24, 2.45) is 0 Å². The van der Waals surface area contributed by atoms with Gasteiger partial charge in [0.25, 0.3) is 0 Å². The molecule has 18 heavy (non-hydrogen) atoms. The van der Waals surface area contributed by atoms with Crippen LogP contribution in [0.15, 0.2) is 0 Å². The average molecular weight is 257 g/mol. The molecule has 0 radical (unpaired) electrons.